The van der Waals surface area contributed by atoms with Crippen LogP contribution < -0.4 is 14.8 Å². The topological polar surface area (TPSA) is 73.3 Å². The van der Waals surface area contributed by atoms with E-state index in [1.807, 2.05) is 25.1 Å². The van der Waals surface area contributed by atoms with Crippen LogP contribution in [-0.2, 0) is 6.61 Å². The van der Waals surface area contributed by atoms with Crippen molar-refractivity contribution in [2.45, 2.75) is 13.5 Å². The number of rotatable bonds is 6. The van der Waals surface area contributed by atoms with Gasteiger partial charge in [-0.3, -0.25) is 9.78 Å². The Balaban J connectivity index is 1.74. The summed E-state index contributed by atoms with van der Waals surface area (Å²) in [6, 6.07) is 12.5. The molecule has 0 unspecified atom stereocenters. The highest BCUT2D eigenvalue weighted by molar-refractivity contribution is 6.04. The smallest absolute Gasteiger partial charge is 0.257 e. The van der Waals surface area contributed by atoms with Crippen molar-refractivity contribution in [1.29, 1.82) is 0 Å². The van der Waals surface area contributed by atoms with Crippen LogP contribution in [-0.4, -0.2) is 23.0 Å². The molecule has 3 aromatic rings. The summed E-state index contributed by atoms with van der Waals surface area (Å²) < 4.78 is 11.1. The molecule has 6 nitrogen and oxygen atoms in total. The average molecular weight is 349 g/mol. The van der Waals surface area contributed by atoms with Crippen LogP contribution in [0.15, 0.2) is 61.1 Å². The van der Waals surface area contributed by atoms with Crippen molar-refractivity contribution < 1.29 is 14.3 Å². The summed E-state index contributed by atoms with van der Waals surface area (Å²) in [5, 5.41) is 2.79. The van der Waals surface area contributed by atoms with Gasteiger partial charge in [0.15, 0.2) is 11.6 Å². The fourth-order valence-corrected chi connectivity index (χ4v) is 2.38. The molecule has 0 radical (unpaired) electrons. The highest BCUT2D eigenvalue weighted by atomic mass is 16.5. The number of nitrogens with zero attached hydrogens (tertiary/aromatic N) is 2. The number of carbonyl (C=O) groups is 1. The summed E-state index contributed by atoms with van der Waals surface area (Å²) in [6.07, 6.45) is 5.01. The van der Waals surface area contributed by atoms with Gasteiger partial charge >= 0.3 is 0 Å². The molecule has 0 aliphatic heterocycles. The van der Waals surface area contributed by atoms with Gasteiger partial charge in [-0.15, -0.1) is 0 Å². The molecule has 26 heavy (non-hydrogen) atoms. The van der Waals surface area contributed by atoms with E-state index in [0.717, 1.165) is 11.1 Å². The Bertz CT molecular complexity index is 898. The van der Waals surface area contributed by atoms with E-state index in [2.05, 4.69) is 15.3 Å². The van der Waals surface area contributed by atoms with Gasteiger partial charge in [0.2, 0.25) is 0 Å². The summed E-state index contributed by atoms with van der Waals surface area (Å²) >= 11 is 0. The third-order valence-electron chi connectivity index (χ3n) is 3.82. The van der Waals surface area contributed by atoms with Crippen LogP contribution in [0.4, 0.5) is 5.82 Å². The van der Waals surface area contributed by atoms with Crippen LogP contribution >= 0.6 is 0 Å². The molecule has 2 aromatic heterocycles. The molecule has 0 fully saturated rings. The molecule has 0 aliphatic rings. The summed E-state index contributed by atoms with van der Waals surface area (Å²) in [5.74, 6) is 1.24. The van der Waals surface area contributed by atoms with Gasteiger partial charge in [0.1, 0.15) is 12.4 Å². The lowest BCUT2D eigenvalue weighted by Crippen LogP contribution is -2.14. The zero-order chi connectivity index (χ0) is 18.4. The van der Waals surface area contributed by atoms with Crippen LogP contribution in [0.2, 0.25) is 0 Å². The number of aryl methyl sites for hydroxylation is 1. The minimum atomic E-state index is -0.282. The first-order valence-corrected chi connectivity index (χ1v) is 8.10. The second-order valence-corrected chi connectivity index (χ2v) is 5.63. The molecular weight excluding hydrogens is 330 g/mol. The molecule has 0 atom stereocenters. The Morgan fingerprint density at radius 2 is 1.88 bits per heavy atom. The average Bonchev–Trinajstić information content (AvgIpc) is 2.68. The fraction of sp³-hybridized carbons (Fsp3) is 0.150. The van der Waals surface area contributed by atoms with E-state index in [-0.39, 0.29) is 5.91 Å². The van der Waals surface area contributed by atoms with Gasteiger partial charge in [0.05, 0.1) is 7.11 Å². The number of pyridine rings is 2. The van der Waals surface area contributed by atoms with E-state index in [0.29, 0.717) is 29.5 Å². The van der Waals surface area contributed by atoms with Crippen molar-refractivity contribution in [2.24, 2.45) is 0 Å². The number of hydrogen-bond acceptors (Lipinski definition) is 5. The monoisotopic (exact) mass is 349 g/mol. The largest absolute Gasteiger partial charge is 0.496 e. The predicted molar refractivity (Wildman–Crippen MR) is 98.5 cm³/mol. The number of amides is 1. The van der Waals surface area contributed by atoms with Crippen molar-refractivity contribution in [2.75, 3.05) is 12.4 Å². The first kappa shape index (κ1) is 17.4. The molecule has 1 amide bonds. The normalized spacial score (nSPS) is 10.2. The van der Waals surface area contributed by atoms with E-state index in [1.54, 1.807) is 50.0 Å². The number of benzene rings is 1. The van der Waals surface area contributed by atoms with Crippen LogP contribution in [0.5, 0.6) is 11.5 Å². The van der Waals surface area contributed by atoms with E-state index in [1.165, 1.54) is 0 Å². The van der Waals surface area contributed by atoms with Crippen LogP contribution in [0.1, 0.15) is 21.5 Å². The van der Waals surface area contributed by atoms with Gasteiger partial charge in [0.25, 0.3) is 5.91 Å². The van der Waals surface area contributed by atoms with Crippen molar-refractivity contribution in [3.05, 3.63) is 77.7 Å². The maximum absolute atomic E-state index is 12.5. The lowest BCUT2D eigenvalue weighted by molar-refractivity contribution is 0.102. The first-order valence-electron chi connectivity index (χ1n) is 8.10. The van der Waals surface area contributed by atoms with Gasteiger partial charge in [-0.05, 0) is 54.4 Å². The quantitative estimate of drug-likeness (QED) is 0.736. The van der Waals surface area contributed by atoms with Crippen LogP contribution in [0.3, 0.4) is 0 Å². The molecule has 0 bridgehead atoms. The van der Waals surface area contributed by atoms with Crippen molar-refractivity contribution >= 4 is 11.7 Å². The van der Waals surface area contributed by atoms with Crippen LogP contribution in [0.25, 0.3) is 0 Å². The summed E-state index contributed by atoms with van der Waals surface area (Å²) in [6.45, 7) is 2.28. The molecule has 1 N–H and O–H groups in total. The Kier molecular flexibility index (Phi) is 5.43. The van der Waals surface area contributed by atoms with E-state index >= 15 is 0 Å². The molecular formula is C20H19N3O3. The second-order valence-electron chi connectivity index (χ2n) is 5.63. The lowest BCUT2D eigenvalue weighted by atomic mass is 10.1. The van der Waals surface area contributed by atoms with E-state index in [9.17, 15) is 4.79 Å². The van der Waals surface area contributed by atoms with Crippen LogP contribution in [0, 0.1) is 6.92 Å². The van der Waals surface area contributed by atoms with Gasteiger partial charge in [-0.1, -0.05) is 6.07 Å². The Morgan fingerprint density at radius 3 is 2.65 bits per heavy atom. The van der Waals surface area contributed by atoms with E-state index < -0.39 is 0 Å². The minimum Gasteiger partial charge on any atom is -0.496 e. The van der Waals surface area contributed by atoms with Gasteiger partial charge < -0.3 is 14.8 Å². The number of nitrogens with one attached hydrogen (secondary N) is 1. The zero-order valence-corrected chi connectivity index (χ0v) is 14.6. The van der Waals surface area contributed by atoms with Gasteiger partial charge in [-0.25, -0.2) is 4.98 Å². The Labute approximate surface area is 151 Å². The standard InChI is InChI=1S/C20H19N3O3/c1-14-5-6-16(12-18(14)25-2)20(24)23-19-17(4-3-9-22-19)26-13-15-7-10-21-11-8-15/h3-12H,13H2,1-2H3,(H,22,23,24). The number of hydrogen-bond donors (Lipinski definition) is 1. The SMILES string of the molecule is COc1cc(C(=O)Nc2ncccc2OCc2ccncc2)ccc1C. The summed E-state index contributed by atoms with van der Waals surface area (Å²) in [5.41, 5.74) is 2.42. The predicted octanol–water partition coefficient (Wildman–Crippen LogP) is 3.62. The highest BCUT2D eigenvalue weighted by Gasteiger charge is 2.13. The third kappa shape index (κ3) is 4.16. The molecule has 3 rings (SSSR count). The zero-order valence-electron chi connectivity index (χ0n) is 14.6. The third-order valence-corrected chi connectivity index (χ3v) is 3.82. The van der Waals surface area contributed by atoms with Crippen molar-refractivity contribution in [3.8, 4) is 11.5 Å². The van der Waals surface area contributed by atoms with Gasteiger partial charge in [-0.2, -0.15) is 0 Å². The van der Waals surface area contributed by atoms with Crippen molar-refractivity contribution in [3.63, 3.8) is 0 Å². The molecule has 1 aromatic carbocycles. The fourth-order valence-electron chi connectivity index (χ4n) is 2.38. The maximum Gasteiger partial charge on any atom is 0.257 e. The Hall–Kier alpha value is -3.41. The molecule has 132 valence electrons. The number of methoxy groups -OCH3 is 1. The molecule has 0 saturated carbocycles. The number of aromatic nitrogens is 2. The number of ether oxygens (including phenoxy) is 2. The minimum absolute atomic E-state index is 0.282. The number of carbonyl (C=O) groups excluding carboxylic acids is 1. The van der Waals surface area contributed by atoms with Gasteiger partial charge in [0, 0.05) is 24.2 Å². The Morgan fingerprint density at radius 1 is 1.08 bits per heavy atom. The molecule has 2 heterocycles. The lowest BCUT2D eigenvalue weighted by Gasteiger charge is -2.12. The maximum atomic E-state index is 12.5. The summed E-state index contributed by atoms with van der Waals surface area (Å²) in [7, 11) is 1.58. The second kappa shape index (κ2) is 8.11. The van der Waals surface area contributed by atoms with Crippen molar-refractivity contribution in [1.82, 2.24) is 9.97 Å². The molecule has 6 heteroatoms. The number of anilines is 1. The summed E-state index contributed by atoms with van der Waals surface area (Å²) in [4.78, 5) is 20.7. The highest BCUT2D eigenvalue weighted by Crippen LogP contribution is 2.24. The molecule has 0 aliphatic carbocycles. The van der Waals surface area contributed by atoms with E-state index in [4.69, 9.17) is 9.47 Å². The first-order chi connectivity index (χ1) is 12.7. The molecule has 0 saturated heterocycles. The molecule has 0 spiro atoms.